The van der Waals surface area contributed by atoms with Crippen molar-refractivity contribution in [2.75, 3.05) is 5.75 Å². The quantitative estimate of drug-likeness (QED) is 0.746. The molecule has 3 heterocycles. The van der Waals surface area contributed by atoms with Gasteiger partial charge in [0, 0.05) is 17.1 Å². The highest BCUT2D eigenvalue weighted by molar-refractivity contribution is 9.10. The van der Waals surface area contributed by atoms with Gasteiger partial charge in [-0.2, -0.15) is 0 Å². The van der Waals surface area contributed by atoms with E-state index in [-0.39, 0.29) is 11.5 Å². The van der Waals surface area contributed by atoms with Crippen LogP contribution in [-0.4, -0.2) is 23.6 Å². The molecule has 0 unspecified atom stereocenters. The summed E-state index contributed by atoms with van der Waals surface area (Å²) in [5, 5.41) is 0. The molecule has 1 aliphatic rings. The lowest BCUT2D eigenvalue weighted by Gasteiger charge is -2.11. The van der Waals surface area contributed by atoms with E-state index < -0.39 is 9.84 Å². The molecule has 4 nitrogen and oxygen atoms in total. The molecule has 90 valence electrons. The summed E-state index contributed by atoms with van der Waals surface area (Å²) in [6.07, 6.45) is 2.42. The lowest BCUT2D eigenvalue weighted by molar-refractivity contribution is 0.590. The van der Waals surface area contributed by atoms with Crippen molar-refractivity contribution in [3.05, 3.63) is 33.7 Å². The Balaban J connectivity index is 2.32. The fraction of sp³-hybridized carbons (Fsp3) is 0.364. The molecule has 0 radical (unpaired) electrons. The van der Waals surface area contributed by atoms with Crippen molar-refractivity contribution < 1.29 is 8.42 Å². The Hall–Kier alpha value is -0.880. The molecule has 0 bridgehead atoms. The van der Waals surface area contributed by atoms with Gasteiger partial charge in [-0.05, 0) is 34.5 Å². The summed E-state index contributed by atoms with van der Waals surface area (Å²) in [5.74, 6) is 0.309. The van der Waals surface area contributed by atoms with Crippen molar-refractivity contribution >= 4 is 31.4 Å². The molecule has 2 aromatic heterocycles. The summed E-state index contributed by atoms with van der Waals surface area (Å²) in [5.41, 5.74) is 3.65. The van der Waals surface area contributed by atoms with Gasteiger partial charge in [-0.3, -0.25) is 0 Å². The third-order valence-electron chi connectivity index (χ3n) is 3.09. The maximum absolute atomic E-state index is 11.7. The largest absolute Gasteiger partial charge is 0.302 e. The van der Waals surface area contributed by atoms with Gasteiger partial charge in [-0.1, -0.05) is 0 Å². The summed E-state index contributed by atoms with van der Waals surface area (Å²) in [7, 11) is -2.96. The van der Waals surface area contributed by atoms with E-state index in [0.717, 1.165) is 27.1 Å². The van der Waals surface area contributed by atoms with Crippen LogP contribution in [0.1, 0.15) is 17.0 Å². The topological polar surface area (TPSA) is 51.4 Å². The van der Waals surface area contributed by atoms with Crippen molar-refractivity contribution in [3.8, 4) is 0 Å². The van der Waals surface area contributed by atoms with Gasteiger partial charge in [0.25, 0.3) is 0 Å². The summed E-state index contributed by atoms with van der Waals surface area (Å²) >= 11 is 3.46. The Morgan fingerprint density at radius 2 is 2.24 bits per heavy atom. The Morgan fingerprint density at radius 3 is 3.00 bits per heavy atom. The van der Waals surface area contributed by atoms with Gasteiger partial charge in [0.1, 0.15) is 5.65 Å². The maximum atomic E-state index is 11.7. The summed E-state index contributed by atoms with van der Waals surface area (Å²) in [6.45, 7) is 1.99. The number of hydrogen-bond donors (Lipinski definition) is 0. The van der Waals surface area contributed by atoms with Crippen LogP contribution in [0, 0.1) is 6.92 Å². The lowest BCUT2D eigenvalue weighted by atomic mass is 10.3. The molecule has 0 amide bonds. The van der Waals surface area contributed by atoms with Crippen LogP contribution in [0.5, 0.6) is 0 Å². The first kappa shape index (κ1) is 11.2. The number of sulfone groups is 1. The van der Waals surface area contributed by atoms with Crippen molar-refractivity contribution in [2.24, 2.45) is 0 Å². The van der Waals surface area contributed by atoms with Crippen LogP contribution in [0.25, 0.3) is 5.65 Å². The van der Waals surface area contributed by atoms with Gasteiger partial charge in [-0.15, -0.1) is 0 Å². The van der Waals surface area contributed by atoms with E-state index in [1.807, 2.05) is 23.6 Å². The Kier molecular flexibility index (Phi) is 2.35. The first-order valence-electron chi connectivity index (χ1n) is 5.33. The third kappa shape index (κ3) is 1.79. The van der Waals surface area contributed by atoms with Gasteiger partial charge < -0.3 is 4.40 Å². The van der Waals surface area contributed by atoms with Crippen molar-refractivity contribution in [1.29, 1.82) is 0 Å². The molecule has 0 spiro atoms. The van der Waals surface area contributed by atoms with Gasteiger partial charge in [0.05, 0.1) is 22.9 Å². The van der Waals surface area contributed by atoms with Gasteiger partial charge in [0.15, 0.2) is 9.84 Å². The molecule has 0 saturated heterocycles. The molecular weight excluding hydrogens is 304 g/mol. The highest BCUT2D eigenvalue weighted by Crippen LogP contribution is 2.25. The molecule has 0 aromatic carbocycles. The van der Waals surface area contributed by atoms with Crippen molar-refractivity contribution in [1.82, 2.24) is 9.38 Å². The molecule has 0 atom stereocenters. The van der Waals surface area contributed by atoms with Gasteiger partial charge >= 0.3 is 0 Å². The minimum Gasteiger partial charge on any atom is -0.302 e. The minimum absolute atomic E-state index is 0.0962. The normalized spacial score (nSPS) is 18.2. The highest BCUT2D eigenvalue weighted by Gasteiger charge is 2.25. The zero-order valence-corrected chi connectivity index (χ0v) is 11.7. The molecule has 0 N–H and O–H groups in total. The Labute approximate surface area is 108 Å². The van der Waals surface area contributed by atoms with E-state index in [1.54, 1.807) is 0 Å². The molecule has 1 aliphatic heterocycles. The second kappa shape index (κ2) is 3.55. The number of halogens is 1. The van der Waals surface area contributed by atoms with Crippen LogP contribution in [0.15, 0.2) is 16.7 Å². The number of hydrogen-bond acceptors (Lipinski definition) is 3. The first-order valence-corrected chi connectivity index (χ1v) is 7.94. The van der Waals surface area contributed by atoms with Crippen LogP contribution in [0.2, 0.25) is 0 Å². The average Bonchev–Trinajstić information content (AvgIpc) is 2.56. The van der Waals surface area contributed by atoms with E-state index in [9.17, 15) is 8.42 Å². The van der Waals surface area contributed by atoms with Crippen LogP contribution in [-0.2, 0) is 22.0 Å². The molecule has 3 rings (SSSR count). The minimum atomic E-state index is -2.96. The van der Waals surface area contributed by atoms with Gasteiger partial charge in [0.2, 0.25) is 0 Å². The lowest BCUT2D eigenvalue weighted by Crippen LogP contribution is -2.19. The zero-order chi connectivity index (χ0) is 12.2. The van der Waals surface area contributed by atoms with E-state index in [0.29, 0.717) is 6.42 Å². The second-order valence-electron chi connectivity index (χ2n) is 4.38. The first-order chi connectivity index (χ1) is 7.96. The second-order valence-corrected chi connectivity index (χ2v) is 7.42. The van der Waals surface area contributed by atoms with Crippen LogP contribution < -0.4 is 0 Å². The molecule has 0 fully saturated rings. The molecular formula is C11H11BrN2O2S. The van der Waals surface area contributed by atoms with Crippen molar-refractivity contribution in [3.63, 3.8) is 0 Å². The van der Waals surface area contributed by atoms with Crippen LogP contribution in [0.4, 0.5) is 0 Å². The molecule has 2 aromatic rings. The Bertz CT molecular complexity index is 719. The number of imidazole rings is 1. The summed E-state index contributed by atoms with van der Waals surface area (Å²) < 4.78 is 26.2. The van der Waals surface area contributed by atoms with E-state index >= 15 is 0 Å². The van der Waals surface area contributed by atoms with E-state index in [1.165, 1.54) is 0 Å². The number of aromatic nitrogens is 2. The van der Waals surface area contributed by atoms with Crippen molar-refractivity contribution in [2.45, 2.75) is 19.1 Å². The molecule has 0 aliphatic carbocycles. The number of pyridine rings is 1. The monoisotopic (exact) mass is 314 g/mol. The van der Waals surface area contributed by atoms with Gasteiger partial charge in [-0.25, -0.2) is 13.4 Å². The smallest absolute Gasteiger partial charge is 0.156 e. The van der Waals surface area contributed by atoms with Crippen LogP contribution >= 0.6 is 15.9 Å². The SMILES string of the molecule is Cc1cc2nc3c(n2cc1Br)CS(=O)(=O)CC3. The number of fused-ring (bicyclic) bond motifs is 3. The number of aryl methyl sites for hydroxylation is 2. The molecule has 17 heavy (non-hydrogen) atoms. The van der Waals surface area contributed by atoms with E-state index in [4.69, 9.17) is 0 Å². The molecule has 6 heteroatoms. The van der Waals surface area contributed by atoms with Crippen LogP contribution in [0.3, 0.4) is 0 Å². The highest BCUT2D eigenvalue weighted by atomic mass is 79.9. The summed E-state index contributed by atoms with van der Waals surface area (Å²) in [6, 6.07) is 1.97. The van der Waals surface area contributed by atoms with E-state index in [2.05, 4.69) is 20.9 Å². The predicted octanol–water partition coefficient (Wildman–Crippen LogP) is 1.88. The average molecular weight is 315 g/mol. The summed E-state index contributed by atoms with van der Waals surface area (Å²) in [4.78, 5) is 4.50. The number of nitrogens with zero attached hydrogens (tertiary/aromatic N) is 2. The Morgan fingerprint density at radius 1 is 1.47 bits per heavy atom. The zero-order valence-electron chi connectivity index (χ0n) is 9.27. The maximum Gasteiger partial charge on any atom is 0.156 e. The number of rotatable bonds is 0. The molecule has 0 saturated carbocycles. The fourth-order valence-corrected chi connectivity index (χ4v) is 3.83. The third-order valence-corrected chi connectivity index (χ3v) is 5.46. The predicted molar refractivity (Wildman–Crippen MR) is 68.8 cm³/mol. The standard InChI is InChI=1S/C11H11BrN2O2S/c1-7-4-11-13-9-2-3-17(15,16)6-10(9)14(11)5-8(7)12/h4-5H,2-3,6H2,1H3. The fourth-order valence-electron chi connectivity index (χ4n) is 2.14.